The van der Waals surface area contributed by atoms with Crippen molar-refractivity contribution in [2.24, 2.45) is 0 Å². The van der Waals surface area contributed by atoms with Crippen molar-refractivity contribution >= 4 is 33.5 Å². The fraction of sp³-hybridized carbons (Fsp3) is 0.438. The third kappa shape index (κ3) is 10.7. The van der Waals surface area contributed by atoms with E-state index in [0.29, 0.717) is 50.8 Å². The summed E-state index contributed by atoms with van der Waals surface area (Å²) in [4.78, 5) is 49.8. The second-order valence-electron chi connectivity index (χ2n) is 10.2. The largest absolute Gasteiger partial charge is 0.516 e. The summed E-state index contributed by atoms with van der Waals surface area (Å²) in [6.07, 6.45) is 3.68. The number of nitrogens with zero attached hydrogens (tertiary/aromatic N) is 1. The minimum Gasteiger partial charge on any atom is -0.466 e. The first-order valence-corrected chi connectivity index (χ1v) is 15.0. The van der Waals surface area contributed by atoms with Crippen molar-refractivity contribution in [3.63, 3.8) is 0 Å². The number of ether oxygens (including phenoxy) is 3. The Balaban J connectivity index is 1.65. The summed E-state index contributed by atoms with van der Waals surface area (Å²) in [5.74, 6) is -4.53. The maximum Gasteiger partial charge on any atom is 0.516 e. The first kappa shape index (κ1) is 34.6. The number of rotatable bonds is 16. The van der Waals surface area contributed by atoms with Crippen LogP contribution in [0.4, 0.5) is 13.6 Å². The Morgan fingerprint density at radius 3 is 2.41 bits per heavy atom. The van der Waals surface area contributed by atoms with Crippen molar-refractivity contribution in [3.05, 3.63) is 77.9 Å². The second-order valence-corrected chi connectivity index (χ2v) is 10.5. The van der Waals surface area contributed by atoms with Gasteiger partial charge in [0.25, 0.3) is 0 Å². The number of unbranched alkanes of at least 4 members (excludes halogenated alkanes) is 3. The van der Waals surface area contributed by atoms with Crippen LogP contribution >= 0.6 is 9.47 Å². The number of hydrogen-bond acceptors (Lipinski definition) is 8. The van der Waals surface area contributed by atoms with Crippen LogP contribution in [-0.2, 0) is 40.7 Å². The highest BCUT2D eigenvalue weighted by atomic mass is 31.0. The lowest BCUT2D eigenvalue weighted by Gasteiger charge is -2.27. The van der Waals surface area contributed by atoms with Crippen LogP contribution in [0, 0.1) is 0 Å². The van der Waals surface area contributed by atoms with E-state index in [1.807, 2.05) is 0 Å². The number of halogens is 2. The highest BCUT2D eigenvalue weighted by Crippen LogP contribution is 2.35. The van der Waals surface area contributed by atoms with Crippen molar-refractivity contribution in [1.29, 1.82) is 0 Å². The average Bonchev–Trinajstić information content (AvgIpc) is 3.36. The summed E-state index contributed by atoms with van der Waals surface area (Å²) in [7, 11) is 1.76. The van der Waals surface area contributed by atoms with Gasteiger partial charge in [0.1, 0.15) is 5.75 Å². The van der Waals surface area contributed by atoms with Crippen LogP contribution in [0.1, 0.15) is 63.0 Å². The number of carbonyl (C=O) groups excluding carboxylic acids is 4. The van der Waals surface area contributed by atoms with Gasteiger partial charge in [0.05, 0.1) is 28.5 Å². The summed E-state index contributed by atoms with van der Waals surface area (Å²) < 4.78 is 50.9. The highest BCUT2D eigenvalue weighted by molar-refractivity contribution is 7.10. The number of esters is 2. The third-order valence-corrected chi connectivity index (χ3v) is 7.25. The predicted octanol–water partition coefficient (Wildman–Crippen LogP) is 6.30. The number of carbonyl (C=O) groups is 4. The standard InChI is InChI=1S/C32H38F2NO8P/c1-2-40-29(37)12-8-3-4-9-21-35-25(16-20-28(35)36)15-19-27(32(33,34)24-10-6-5-7-11-24)42-30(38)22-23-13-17-26(18-14-23)41-31(39)43-44/h5-7,10-11,13-15,17-19,25,27H,2-4,8-9,12,16,20-22,44H2,1H3/b19-15+/t25-,27+/m0/s1. The molecule has 1 aliphatic heterocycles. The molecule has 1 heterocycles. The molecule has 44 heavy (non-hydrogen) atoms. The van der Waals surface area contributed by atoms with Gasteiger partial charge in [-0.2, -0.15) is 8.78 Å². The fourth-order valence-corrected chi connectivity index (χ4v) is 4.87. The molecule has 12 heteroatoms. The van der Waals surface area contributed by atoms with Crippen molar-refractivity contribution in [2.45, 2.75) is 76.4 Å². The monoisotopic (exact) mass is 633 g/mol. The van der Waals surface area contributed by atoms with E-state index in [2.05, 4.69) is 4.52 Å². The summed E-state index contributed by atoms with van der Waals surface area (Å²) in [5, 5.41) is 0. The molecule has 3 rings (SSSR count). The number of hydrogen-bond donors (Lipinski definition) is 0. The molecule has 0 aliphatic carbocycles. The van der Waals surface area contributed by atoms with E-state index in [1.165, 1.54) is 60.7 Å². The Morgan fingerprint density at radius 2 is 1.73 bits per heavy atom. The van der Waals surface area contributed by atoms with Crippen LogP contribution in [0.15, 0.2) is 66.7 Å². The lowest BCUT2D eigenvalue weighted by molar-refractivity contribution is -0.167. The van der Waals surface area contributed by atoms with E-state index in [4.69, 9.17) is 14.2 Å². The van der Waals surface area contributed by atoms with Crippen molar-refractivity contribution in [1.82, 2.24) is 4.90 Å². The molecule has 0 radical (unpaired) electrons. The molecule has 2 aromatic rings. The highest BCUT2D eigenvalue weighted by Gasteiger charge is 2.43. The van der Waals surface area contributed by atoms with Gasteiger partial charge in [-0.1, -0.05) is 61.4 Å². The Morgan fingerprint density at radius 1 is 1.02 bits per heavy atom. The Kier molecular flexibility index (Phi) is 13.7. The zero-order valence-corrected chi connectivity index (χ0v) is 25.8. The number of benzene rings is 2. The molecule has 1 saturated heterocycles. The molecule has 3 atom stereocenters. The summed E-state index contributed by atoms with van der Waals surface area (Å²) in [6, 6.07) is 12.6. The lowest BCUT2D eigenvalue weighted by atomic mass is 10.0. The second kappa shape index (κ2) is 17.4. The third-order valence-electron chi connectivity index (χ3n) is 7.06. The summed E-state index contributed by atoms with van der Waals surface area (Å²) in [6.45, 7) is 2.57. The number of likely N-dealkylation sites (tertiary alicyclic amines) is 1. The molecule has 0 spiro atoms. The van der Waals surface area contributed by atoms with Crippen LogP contribution in [0.2, 0.25) is 0 Å². The molecule has 1 aliphatic rings. The Hall–Kier alpha value is -3.85. The summed E-state index contributed by atoms with van der Waals surface area (Å²) in [5.41, 5.74) is 0.147. The number of amides is 1. The first-order valence-electron chi connectivity index (χ1n) is 14.6. The zero-order valence-electron chi connectivity index (χ0n) is 24.6. The van der Waals surface area contributed by atoms with Crippen molar-refractivity contribution in [3.8, 4) is 5.75 Å². The van der Waals surface area contributed by atoms with Gasteiger partial charge >= 0.3 is 24.0 Å². The van der Waals surface area contributed by atoms with Gasteiger partial charge in [-0.05, 0) is 50.0 Å². The molecule has 1 amide bonds. The van der Waals surface area contributed by atoms with Crippen molar-refractivity contribution in [2.75, 3.05) is 13.2 Å². The molecule has 0 bridgehead atoms. The Labute approximate surface area is 258 Å². The maximum absolute atomic E-state index is 15.7. The van der Waals surface area contributed by atoms with Gasteiger partial charge in [0.15, 0.2) is 6.10 Å². The van der Waals surface area contributed by atoms with Crippen LogP contribution in [0.25, 0.3) is 0 Å². The van der Waals surface area contributed by atoms with Crippen LogP contribution in [-0.4, -0.2) is 54.2 Å². The molecule has 2 aromatic carbocycles. The molecule has 9 nitrogen and oxygen atoms in total. The minimum atomic E-state index is -3.55. The summed E-state index contributed by atoms with van der Waals surface area (Å²) >= 11 is 0. The molecular formula is C32H38F2NO8P. The number of alkyl halides is 2. The zero-order chi connectivity index (χ0) is 32.0. The van der Waals surface area contributed by atoms with Gasteiger partial charge in [-0.25, -0.2) is 4.79 Å². The topological polar surface area (TPSA) is 108 Å². The molecule has 0 N–H and O–H groups in total. The van der Waals surface area contributed by atoms with Crippen molar-refractivity contribution < 1.29 is 46.7 Å². The van der Waals surface area contributed by atoms with Gasteiger partial charge in [-0.3, -0.25) is 14.4 Å². The normalized spacial score (nSPS) is 15.7. The van der Waals surface area contributed by atoms with E-state index in [0.717, 1.165) is 12.8 Å². The van der Waals surface area contributed by atoms with E-state index < -0.39 is 30.2 Å². The van der Waals surface area contributed by atoms with E-state index in [1.54, 1.807) is 27.4 Å². The van der Waals surface area contributed by atoms with Gasteiger partial charge in [0, 0.05) is 24.9 Å². The van der Waals surface area contributed by atoms with E-state index >= 15 is 8.78 Å². The molecule has 1 unspecified atom stereocenters. The van der Waals surface area contributed by atoms with Gasteiger partial charge in [-0.15, -0.1) is 0 Å². The molecule has 1 fully saturated rings. The van der Waals surface area contributed by atoms with E-state index in [9.17, 15) is 19.2 Å². The SMILES string of the molecule is CCOC(=O)CCCCCCN1C(=O)CC[C@@H]1/C=C/[C@@H](OC(=O)Cc1ccc(OC(=O)OP)cc1)C(F)(F)c1ccccc1. The Bertz CT molecular complexity index is 1270. The predicted molar refractivity (Wildman–Crippen MR) is 161 cm³/mol. The quantitative estimate of drug-likeness (QED) is 0.0697. The first-order chi connectivity index (χ1) is 21.1. The van der Waals surface area contributed by atoms with Crippen LogP contribution < -0.4 is 4.74 Å². The average molecular weight is 634 g/mol. The van der Waals surface area contributed by atoms with Crippen LogP contribution in [0.5, 0.6) is 5.75 Å². The van der Waals surface area contributed by atoms with E-state index in [-0.39, 0.29) is 29.6 Å². The lowest BCUT2D eigenvalue weighted by Crippen LogP contribution is -2.36. The van der Waals surface area contributed by atoms with Crippen LogP contribution in [0.3, 0.4) is 0 Å². The maximum atomic E-state index is 15.7. The molecule has 0 saturated carbocycles. The molecule has 238 valence electrons. The molecule has 0 aromatic heterocycles. The van der Waals surface area contributed by atoms with Gasteiger partial charge in [0.2, 0.25) is 5.91 Å². The smallest absolute Gasteiger partial charge is 0.466 e. The van der Waals surface area contributed by atoms with Gasteiger partial charge < -0.3 is 23.6 Å². The molecular weight excluding hydrogens is 595 g/mol. The minimum absolute atomic E-state index is 0.0621. The fourth-order valence-electron chi connectivity index (χ4n) is 4.82.